The SMILES string of the molecule is CCN(Cc1ccccc1)C(=O)[C@]1(C)CCC[C@@]2(C)C1CC=C1CC(C(C)C)CC[C@@H]12. The molecule has 1 aromatic rings. The van der Waals surface area contributed by atoms with Crippen LogP contribution in [0.4, 0.5) is 0 Å². The highest BCUT2D eigenvalue weighted by Crippen LogP contribution is 2.63. The van der Waals surface area contributed by atoms with Gasteiger partial charge in [-0.2, -0.15) is 0 Å². The molecular formula is C29H43NO. The molecule has 0 aliphatic heterocycles. The van der Waals surface area contributed by atoms with E-state index < -0.39 is 0 Å². The number of fused-ring (bicyclic) bond motifs is 3. The summed E-state index contributed by atoms with van der Waals surface area (Å²) in [5.74, 6) is 3.18. The van der Waals surface area contributed by atoms with Gasteiger partial charge in [-0.25, -0.2) is 0 Å². The van der Waals surface area contributed by atoms with Crippen molar-refractivity contribution in [3.05, 3.63) is 47.5 Å². The predicted molar refractivity (Wildman–Crippen MR) is 129 cm³/mol. The van der Waals surface area contributed by atoms with Gasteiger partial charge in [0.25, 0.3) is 0 Å². The van der Waals surface area contributed by atoms with Gasteiger partial charge in [-0.1, -0.05) is 76.1 Å². The molecule has 2 fully saturated rings. The Morgan fingerprint density at radius 3 is 2.55 bits per heavy atom. The van der Waals surface area contributed by atoms with Crippen molar-refractivity contribution in [3.8, 4) is 0 Å². The van der Waals surface area contributed by atoms with Crippen molar-refractivity contribution >= 4 is 5.91 Å². The minimum atomic E-state index is -0.241. The van der Waals surface area contributed by atoms with Crippen molar-refractivity contribution in [3.63, 3.8) is 0 Å². The number of carbonyl (C=O) groups is 1. The van der Waals surface area contributed by atoms with E-state index in [1.807, 2.05) is 0 Å². The molecule has 0 N–H and O–H groups in total. The highest BCUT2D eigenvalue weighted by Gasteiger charge is 2.58. The quantitative estimate of drug-likeness (QED) is 0.458. The van der Waals surface area contributed by atoms with E-state index in [4.69, 9.17) is 0 Å². The first-order chi connectivity index (χ1) is 14.8. The highest BCUT2D eigenvalue weighted by molar-refractivity contribution is 5.83. The normalized spacial score (nSPS) is 35.2. The standard InChI is InChI=1S/C29H43NO/c1-6-30(20-22-11-8-7-9-12-22)27(31)29(5)18-10-17-28(4)25-15-13-23(21(2)3)19-24(25)14-16-26(28)29/h7-9,11-12,14,21,23,25-26H,6,10,13,15-20H2,1-5H3/t23?,25-,26?,28+,29+/m0/s1. The largest absolute Gasteiger partial charge is 0.338 e. The third-order valence-electron chi connectivity index (χ3n) is 9.48. The number of amides is 1. The first kappa shape index (κ1) is 22.6. The van der Waals surface area contributed by atoms with Crippen molar-refractivity contribution in [1.29, 1.82) is 0 Å². The Balaban J connectivity index is 1.60. The summed E-state index contributed by atoms with van der Waals surface area (Å²) in [6, 6.07) is 10.5. The third kappa shape index (κ3) is 4.00. The van der Waals surface area contributed by atoms with Crippen LogP contribution < -0.4 is 0 Å². The molecule has 2 unspecified atom stereocenters. The number of allylic oxidation sites excluding steroid dienone is 2. The summed E-state index contributed by atoms with van der Waals surface area (Å²) in [7, 11) is 0. The second-order valence-corrected chi connectivity index (χ2v) is 11.5. The Morgan fingerprint density at radius 1 is 1.13 bits per heavy atom. The van der Waals surface area contributed by atoms with E-state index in [2.05, 4.69) is 75.9 Å². The molecule has 0 saturated heterocycles. The van der Waals surface area contributed by atoms with Gasteiger partial charge in [0, 0.05) is 13.1 Å². The maximum absolute atomic E-state index is 14.1. The van der Waals surface area contributed by atoms with E-state index in [0.29, 0.717) is 17.7 Å². The Morgan fingerprint density at radius 2 is 1.87 bits per heavy atom. The van der Waals surface area contributed by atoms with Gasteiger partial charge in [-0.3, -0.25) is 4.79 Å². The van der Waals surface area contributed by atoms with Crippen molar-refractivity contribution in [2.75, 3.05) is 6.54 Å². The third-order valence-corrected chi connectivity index (χ3v) is 9.48. The van der Waals surface area contributed by atoms with E-state index in [0.717, 1.165) is 37.8 Å². The van der Waals surface area contributed by atoms with Crippen LogP contribution in [-0.2, 0) is 11.3 Å². The number of benzene rings is 1. The maximum atomic E-state index is 14.1. The van der Waals surface area contributed by atoms with Gasteiger partial charge in [-0.05, 0) is 80.1 Å². The first-order valence-corrected chi connectivity index (χ1v) is 12.8. The Bertz CT molecular complexity index is 811. The van der Waals surface area contributed by atoms with Crippen LogP contribution in [0.3, 0.4) is 0 Å². The zero-order valence-corrected chi connectivity index (χ0v) is 20.5. The van der Waals surface area contributed by atoms with Crippen LogP contribution in [-0.4, -0.2) is 17.4 Å². The van der Waals surface area contributed by atoms with E-state index >= 15 is 0 Å². The number of nitrogens with zero attached hydrogens (tertiary/aromatic N) is 1. The van der Waals surface area contributed by atoms with Crippen molar-refractivity contribution in [1.82, 2.24) is 4.90 Å². The molecule has 170 valence electrons. The van der Waals surface area contributed by atoms with Crippen LogP contribution in [0.15, 0.2) is 42.0 Å². The van der Waals surface area contributed by atoms with Gasteiger partial charge >= 0.3 is 0 Å². The minimum Gasteiger partial charge on any atom is -0.338 e. The molecule has 2 saturated carbocycles. The van der Waals surface area contributed by atoms with Crippen LogP contribution in [0.5, 0.6) is 0 Å². The predicted octanol–water partition coefficient (Wildman–Crippen LogP) is 7.25. The molecule has 0 aromatic heterocycles. The topological polar surface area (TPSA) is 20.3 Å². The summed E-state index contributed by atoms with van der Waals surface area (Å²) < 4.78 is 0. The van der Waals surface area contributed by atoms with Gasteiger partial charge in [0.15, 0.2) is 0 Å². The first-order valence-electron chi connectivity index (χ1n) is 12.8. The Hall–Kier alpha value is -1.57. The molecule has 0 heterocycles. The Labute approximate surface area is 190 Å². The summed E-state index contributed by atoms with van der Waals surface area (Å²) in [6.45, 7) is 13.3. The zero-order valence-electron chi connectivity index (χ0n) is 20.5. The van der Waals surface area contributed by atoms with Crippen molar-refractivity contribution in [2.24, 2.45) is 34.5 Å². The lowest BCUT2D eigenvalue weighted by Crippen LogP contribution is -2.56. The van der Waals surface area contributed by atoms with Crippen LogP contribution in [0.25, 0.3) is 0 Å². The molecule has 4 rings (SSSR count). The van der Waals surface area contributed by atoms with Crippen molar-refractivity contribution < 1.29 is 4.79 Å². The fraction of sp³-hybridized carbons (Fsp3) is 0.690. The molecule has 0 spiro atoms. The van der Waals surface area contributed by atoms with Crippen LogP contribution >= 0.6 is 0 Å². The summed E-state index contributed by atoms with van der Waals surface area (Å²) in [6.07, 6.45) is 11.2. The van der Waals surface area contributed by atoms with Crippen molar-refractivity contribution in [2.45, 2.75) is 86.1 Å². The highest BCUT2D eigenvalue weighted by atomic mass is 16.2. The molecule has 2 heteroatoms. The Kier molecular flexibility index (Phi) is 6.39. The number of hydrogen-bond acceptors (Lipinski definition) is 1. The molecule has 1 aromatic carbocycles. The summed E-state index contributed by atoms with van der Waals surface area (Å²) >= 11 is 0. The second kappa shape index (κ2) is 8.75. The van der Waals surface area contributed by atoms with Gasteiger partial charge in [0.2, 0.25) is 5.91 Å². The molecule has 0 bridgehead atoms. The monoisotopic (exact) mass is 421 g/mol. The molecule has 0 radical (unpaired) electrons. The van der Waals surface area contributed by atoms with Gasteiger partial charge < -0.3 is 4.90 Å². The lowest BCUT2D eigenvalue weighted by molar-refractivity contribution is -0.156. The number of rotatable bonds is 5. The molecule has 31 heavy (non-hydrogen) atoms. The van der Waals surface area contributed by atoms with Crippen LogP contribution in [0.1, 0.15) is 85.1 Å². The summed E-state index contributed by atoms with van der Waals surface area (Å²) in [5, 5.41) is 0. The average Bonchev–Trinajstić information content (AvgIpc) is 2.77. The van der Waals surface area contributed by atoms with Gasteiger partial charge in [0.05, 0.1) is 5.41 Å². The lowest BCUT2D eigenvalue weighted by Gasteiger charge is -2.59. The van der Waals surface area contributed by atoms with E-state index in [9.17, 15) is 4.79 Å². The molecular weight excluding hydrogens is 378 g/mol. The molecule has 1 amide bonds. The number of hydrogen-bond donors (Lipinski definition) is 0. The van der Waals surface area contributed by atoms with Crippen LogP contribution in [0.2, 0.25) is 0 Å². The van der Waals surface area contributed by atoms with Crippen LogP contribution in [0, 0.1) is 34.5 Å². The van der Waals surface area contributed by atoms with E-state index in [1.54, 1.807) is 5.57 Å². The smallest absolute Gasteiger partial charge is 0.229 e. The van der Waals surface area contributed by atoms with Gasteiger partial charge in [0.1, 0.15) is 0 Å². The molecule has 3 aliphatic carbocycles. The minimum absolute atomic E-state index is 0.241. The summed E-state index contributed by atoms with van der Waals surface area (Å²) in [4.78, 5) is 16.2. The van der Waals surface area contributed by atoms with Gasteiger partial charge in [-0.15, -0.1) is 0 Å². The molecule has 5 atom stereocenters. The average molecular weight is 422 g/mol. The maximum Gasteiger partial charge on any atom is 0.229 e. The lowest BCUT2D eigenvalue weighted by atomic mass is 9.46. The zero-order chi connectivity index (χ0) is 22.2. The van der Waals surface area contributed by atoms with E-state index in [1.165, 1.54) is 37.7 Å². The fourth-order valence-electron chi connectivity index (χ4n) is 7.54. The number of carbonyl (C=O) groups excluding carboxylic acids is 1. The fourth-order valence-corrected chi connectivity index (χ4v) is 7.54. The summed E-state index contributed by atoms with van der Waals surface area (Å²) in [5.41, 5.74) is 3.00. The molecule has 2 nitrogen and oxygen atoms in total. The van der Waals surface area contributed by atoms with E-state index in [-0.39, 0.29) is 10.8 Å². The molecule has 3 aliphatic rings. The second-order valence-electron chi connectivity index (χ2n) is 11.5.